The van der Waals surface area contributed by atoms with E-state index in [-0.39, 0.29) is 12.2 Å². The molecule has 4 rings (SSSR count). The maximum Gasteiger partial charge on any atom is 0.204 e. The van der Waals surface area contributed by atoms with Gasteiger partial charge in [-0.3, -0.25) is 0 Å². The summed E-state index contributed by atoms with van der Waals surface area (Å²) in [4.78, 5) is 0. The second kappa shape index (κ2) is 13.6. The molecule has 232 valence electrons. The molecule has 1 nitrogen and oxygen atoms in total. The fraction of sp³-hybridized carbons (Fsp3) is 0.235. The standard InChI is InChI=1S/C34H27F9O/c1-4-18-11-13-22(14-12-18)44-34-32(42)25(35)23(26(36)33(34)43)17(3)15-21(16-19(5-2)20-9-7-6-8-10-20)24-27(37)29(39)31(41)30(40)28(24)38/h4,6-14,17,19,21H,1,5,15-16H2,2-3H3. The maximum atomic E-state index is 15.4. The zero-order valence-electron chi connectivity index (χ0n) is 23.6. The lowest BCUT2D eigenvalue weighted by Crippen LogP contribution is -2.18. The number of benzene rings is 4. The Morgan fingerprint density at radius 1 is 0.614 bits per heavy atom. The molecule has 0 saturated heterocycles. The Morgan fingerprint density at radius 2 is 1.11 bits per heavy atom. The van der Waals surface area contributed by atoms with Crippen molar-refractivity contribution in [2.75, 3.05) is 0 Å². The Bertz CT molecular complexity index is 1590. The van der Waals surface area contributed by atoms with E-state index in [2.05, 4.69) is 6.58 Å². The highest BCUT2D eigenvalue weighted by molar-refractivity contribution is 5.49. The van der Waals surface area contributed by atoms with Crippen LogP contribution < -0.4 is 4.74 Å². The number of hydrogen-bond donors (Lipinski definition) is 0. The molecule has 0 aliphatic rings. The van der Waals surface area contributed by atoms with Crippen molar-refractivity contribution >= 4 is 6.08 Å². The number of halogens is 9. The Kier molecular flexibility index (Phi) is 10.1. The summed E-state index contributed by atoms with van der Waals surface area (Å²) in [6.45, 7) is 6.44. The summed E-state index contributed by atoms with van der Waals surface area (Å²) in [7, 11) is 0. The van der Waals surface area contributed by atoms with Crippen LogP contribution in [-0.4, -0.2) is 0 Å². The lowest BCUT2D eigenvalue weighted by atomic mass is 9.77. The van der Waals surface area contributed by atoms with Gasteiger partial charge in [0, 0.05) is 11.1 Å². The topological polar surface area (TPSA) is 9.23 Å². The fourth-order valence-electron chi connectivity index (χ4n) is 5.40. The van der Waals surface area contributed by atoms with Crippen molar-refractivity contribution in [1.82, 2.24) is 0 Å². The van der Waals surface area contributed by atoms with Crippen molar-refractivity contribution in [3.05, 3.63) is 136 Å². The summed E-state index contributed by atoms with van der Waals surface area (Å²) >= 11 is 0. The summed E-state index contributed by atoms with van der Waals surface area (Å²) in [5, 5.41) is 0. The fourth-order valence-corrected chi connectivity index (χ4v) is 5.40. The molecule has 0 heterocycles. The van der Waals surface area contributed by atoms with Crippen LogP contribution in [0.3, 0.4) is 0 Å². The molecule has 0 fully saturated rings. The molecule has 0 amide bonds. The van der Waals surface area contributed by atoms with Gasteiger partial charge in [0.15, 0.2) is 34.9 Å². The minimum Gasteiger partial charge on any atom is -0.451 e. The number of ether oxygens (including phenoxy) is 1. The van der Waals surface area contributed by atoms with Crippen molar-refractivity contribution in [1.29, 1.82) is 0 Å². The van der Waals surface area contributed by atoms with E-state index in [9.17, 15) is 13.2 Å². The van der Waals surface area contributed by atoms with Gasteiger partial charge in [0.05, 0.1) is 0 Å². The van der Waals surface area contributed by atoms with Crippen LogP contribution in [-0.2, 0) is 0 Å². The molecule has 0 bridgehead atoms. The summed E-state index contributed by atoms with van der Waals surface area (Å²) in [6, 6.07) is 14.1. The van der Waals surface area contributed by atoms with Gasteiger partial charge in [-0.1, -0.05) is 69.0 Å². The molecule has 0 radical (unpaired) electrons. The van der Waals surface area contributed by atoms with E-state index in [1.165, 1.54) is 30.3 Å². The largest absolute Gasteiger partial charge is 0.451 e. The minimum absolute atomic E-state index is 0.133. The van der Waals surface area contributed by atoms with Gasteiger partial charge in [0.1, 0.15) is 5.75 Å². The first kappa shape index (κ1) is 32.7. The molecular weight excluding hydrogens is 595 g/mol. The van der Waals surface area contributed by atoms with Crippen molar-refractivity contribution in [2.24, 2.45) is 0 Å². The number of rotatable bonds is 11. The van der Waals surface area contributed by atoms with Crippen LogP contribution in [0.4, 0.5) is 39.5 Å². The van der Waals surface area contributed by atoms with Gasteiger partial charge in [-0.05, 0) is 60.3 Å². The van der Waals surface area contributed by atoms with Crippen LogP contribution >= 0.6 is 0 Å². The van der Waals surface area contributed by atoms with Crippen LogP contribution in [0.25, 0.3) is 6.08 Å². The summed E-state index contributed by atoms with van der Waals surface area (Å²) < 4.78 is 139. The Balaban J connectivity index is 1.77. The summed E-state index contributed by atoms with van der Waals surface area (Å²) in [6.07, 6.45) is 1.02. The number of hydrogen-bond acceptors (Lipinski definition) is 1. The lowest BCUT2D eigenvalue weighted by Gasteiger charge is -2.28. The van der Waals surface area contributed by atoms with Crippen LogP contribution in [0.5, 0.6) is 11.5 Å². The van der Waals surface area contributed by atoms with Crippen molar-refractivity contribution < 1.29 is 44.3 Å². The normalized spacial score (nSPS) is 13.4. The van der Waals surface area contributed by atoms with Crippen LogP contribution in [0.15, 0.2) is 61.2 Å². The van der Waals surface area contributed by atoms with E-state index in [1.807, 2.05) is 0 Å². The highest BCUT2D eigenvalue weighted by atomic mass is 19.2. The predicted molar refractivity (Wildman–Crippen MR) is 149 cm³/mol. The van der Waals surface area contributed by atoms with Crippen LogP contribution in [0, 0.1) is 52.4 Å². The third-order valence-electron chi connectivity index (χ3n) is 7.71. The zero-order chi connectivity index (χ0) is 32.3. The smallest absolute Gasteiger partial charge is 0.204 e. The first-order valence-electron chi connectivity index (χ1n) is 13.7. The molecular formula is C34H27F9O. The van der Waals surface area contributed by atoms with E-state index in [0.29, 0.717) is 17.5 Å². The van der Waals surface area contributed by atoms with Crippen molar-refractivity contribution in [3.8, 4) is 11.5 Å². The maximum absolute atomic E-state index is 15.4. The predicted octanol–water partition coefficient (Wildman–Crippen LogP) is 11.2. The van der Waals surface area contributed by atoms with Crippen LogP contribution in [0.1, 0.15) is 73.1 Å². The van der Waals surface area contributed by atoms with E-state index in [1.54, 1.807) is 37.3 Å². The average Bonchev–Trinajstić information content (AvgIpc) is 3.03. The average molecular weight is 623 g/mol. The van der Waals surface area contributed by atoms with Gasteiger partial charge in [-0.25, -0.2) is 30.7 Å². The second-order valence-electron chi connectivity index (χ2n) is 10.4. The van der Waals surface area contributed by atoms with Gasteiger partial charge in [-0.2, -0.15) is 8.78 Å². The SMILES string of the molecule is C=Cc1ccc(Oc2c(F)c(F)c(C(C)CC(CC(CC)c3ccccc3)c3c(F)c(F)c(F)c(F)c3F)c(F)c2F)cc1. The zero-order valence-corrected chi connectivity index (χ0v) is 23.6. The first-order valence-corrected chi connectivity index (χ1v) is 13.7. The molecule has 44 heavy (non-hydrogen) atoms. The third kappa shape index (κ3) is 6.34. The molecule has 3 unspecified atom stereocenters. The molecule has 0 aromatic heterocycles. The van der Waals surface area contributed by atoms with E-state index < -0.39 is 93.4 Å². The molecule has 4 aromatic rings. The van der Waals surface area contributed by atoms with Crippen molar-refractivity contribution in [3.63, 3.8) is 0 Å². The van der Waals surface area contributed by atoms with Gasteiger partial charge in [0.2, 0.25) is 23.2 Å². The Morgan fingerprint density at radius 3 is 1.61 bits per heavy atom. The quantitative estimate of drug-likeness (QED) is 0.0919. The van der Waals surface area contributed by atoms with E-state index in [4.69, 9.17) is 4.74 Å². The molecule has 0 aliphatic carbocycles. The van der Waals surface area contributed by atoms with Crippen LogP contribution in [0.2, 0.25) is 0 Å². The molecule has 0 N–H and O–H groups in total. The summed E-state index contributed by atoms with van der Waals surface area (Å²) in [5.74, 6) is -23.2. The Hall–Kier alpha value is -4.21. The molecule has 0 spiro atoms. The molecule has 10 heteroatoms. The van der Waals surface area contributed by atoms with Gasteiger partial charge in [0.25, 0.3) is 0 Å². The molecule has 0 saturated carbocycles. The van der Waals surface area contributed by atoms with E-state index in [0.717, 1.165) is 6.92 Å². The minimum atomic E-state index is -2.36. The van der Waals surface area contributed by atoms with Crippen molar-refractivity contribution in [2.45, 2.75) is 50.9 Å². The van der Waals surface area contributed by atoms with Gasteiger partial charge in [-0.15, -0.1) is 0 Å². The van der Waals surface area contributed by atoms with Gasteiger partial charge >= 0.3 is 0 Å². The molecule has 0 aliphatic heterocycles. The molecule has 3 atom stereocenters. The highest BCUT2D eigenvalue weighted by Crippen LogP contribution is 2.44. The summed E-state index contributed by atoms with van der Waals surface area (Å²) in [5.41, 5.74) is -0.947. The van der Waals surface area contributed by atoms with Gasteiger partial charge < -0.3 is 4.74 Å². The monoisotopic (exact) mass is 622 g/mol. The third-order valence-corrected chi connectivity index (χ3v) is 7.71. The second-order valence-corrected chi connectivity index (χ2v) is 10.4. The van der Waals surface area contributed by atoms with E-state index >= 15 is 26.3 Å². The first-order chi connectivity index (χ1) is 20.9. The Labute approximate surface area is 248 Å². The lowest BCUT2D eigenvalue weighted by molar-refractivity contribution is 0.341. The molecule has 4 aromatic carbocycles. The highest BCUT2D eigenvalue weighted by Gasteiger charge is 2.35.